The highest BCUT2D eigenvalue weighted by Crippen LogP contribution is 2.12. The zero-order chi connectivity index (χ0) is 11.5. The minimum atomic E-state index is -0.318. The molecule has 1 aliphatic heterocycles. The molecule has 1 saturated heterocycles. The van der Waals surface area contributed by atoms with Crippen LogP contribution in [0.5, 0.6) is 0 Å². The minimum absolute atomic E-state index is 0.0685. The van der Waals surface area contributed by atoms with Gasteiger partial charge in [-0.1, -0.05) is 0 Å². The fourth-order valence-corrected chi connectivity index (χ4v) is 1.71. The molecule has 16 heavy (non-hydrogen) atoms. The molecule has 3 N–H and O–H groups in total. The average Bonchev–Trinajstić information content (AvgIpc) is 2.68. The quantitative estimate of drug-likeness (QED) is 0.755. The van der Waals surface area contributed by atoms with Crippen molar-refractivity contribution in [2.75, 3.05) is 18.4 Å². The third-order valence-electron chi connectivity index (χ3n) is 2.61. The van der Waals surface area contributed by atoms with Gasteiger partial charge in [0.2, 0.25) is 0 Å². The third kappa shape index (κ3) is 2.49. The van der Waals surface area contributed by atoms with Crippen molar-refractivity contribution < 1.29 is 9.18 Å². The Hall–Kier alpha value is -1.62. The van der Waals surface area contributed by atoms with Crippen LogP contribution in [-0.4, -0.2) is 30.1 Å². The highest BCUT2D eigenvalue weighted by atomic mass is 19.1. The predicted octanol–water partition coefficient (Wildman–Crippen LogP) is 1.39. The number of hydrogen-bond acceptors (Lipinski definition) is 2. The number of halogens is 1. The van der Waals surface area contributed by atoms with E-state index in [0.29, 0.717) is 18.8 Å². The molecule has 0 bridgehead atoms. The minimum Gasteiger partial charge on any atom is -0.326 e. The van der Waals surface area contributed by atoms with Crippen LogP contribution in [0.15, 0.2) is 24.3 Å². The van der Waals surface area contributed by atoms with Crippen molar-refractivity contribution in [1.82, 2.24) is 4.90 Å². The number of nitrogens with zero attached hydrogens (tertiary/aromatic N) is 1. The second kappa shape index (κ2) is 4.49. The Morgan fingerprint density at radius 2 is 2.12 bits per heavy atom. The highest BCUT2D eigenvalue weighted by Gasteiger charge is 2.23. The standard InChI is InChI=1S/C11H14FN3O/c12-8-1-3-10(4-2-8)14-11(16)15-6-5-9(13)7-15/h1-4,9H,5-7,13H2,(H,14,16). The van der Waals surface area contributed by atoms with E-state index in [9.17, 15) is 9.18 Å². The van der Waals surface area contributed by atoms with Crippen LogP contribution in [-0.2, 0) is 0 Å². The predicted molar refractivity (Wildman–Crippen MR) is 59.6 cm³/mol. The lowest BCUT2D eigenvalue weighted by molar-refractivity contribution is 0.222. The van der Waals surface area contributed by atoms with Gasteiger partial charge in [0.15, 0.2) is 0 Å². The molecule has 1 heterocycles. The molecule has 86 valence electrons. The first kappa shape index (κ1) is 10.9. The molecule has 1 unspecified atom stereocenters. The number of likely N-dealkylation sites (tertiary alicyclic amines) is 1. The second-order valence-corrected chi connectivity index (χ2v) is 3.93. The topological polar surface area (TPSA) is 58.4 Å². The summed E-state index contributed by atoms with van der Waals surface area (Å²) in [5.74, 6) is -0.318. The summed E-state index contributed by atoms with van der Waals surface area (Å²) in [5.41, 5.74) is 6.29. The van der Waals surface area contributed by atoms with E-state index >= 15 is 0 Å². The van der Waals surface area contributed by atoms with E-state index in [1.807, 2.05) is 0 Å². The van der Waals surface area contributed by atoms with Crippen LogP contribution in [0.3, 0.4) is 0 Å². The molecular formula is C11H14FN3O. The van der Waals surface area contributed by atoms with Gasteiger partial charge in [-0.2, -0.15) is 0 Å². The maximum Gasteiger partial charge on any atom is 0.321 e. The smallest absolute Gasteiger partial charge is 0.321 e. The van der Waals surface area contributed by atoms with E-state index in [2.05, 4.69) is 5.32 Å². The monoisotopic (exact) mass is 223 g/mol. The van der Waals surface area contributed by atoms with Gasteiger partial charge in [-0.25, -0.2) is 9.18 Å². The molecule has 1 aliphatic rings. The van der Waals surface area contributed by atoms with Crippen molar-refractivity contribution in [2.45, 2.75) is 12.5 Å². The van der Waals surface area contributed by atoms with Crippen LogP contribution in [0.25, 0.3) is 0 Å². The van der Waals surface area contributed by atoms with E-state index in [4.69, 9.17) is 5.73 Å². The van der Waals surface area contributed by atoms with Gasteiger partial charge in [-0.15, -0.1) is 0 Å². The number of nitrogens with two attached hydrogens (primary N) is 1. The number of rotatable bonds is 1. The Kier molecular flexibility index (Phi) is 3.05. The van der Waals surface area contributed by atoms with Crippen molar-refractivity contribution in [3.05, 3.63) is 30.1 Å². The van der Waals surface area contributed by atoms with E-state index in [1.165, 1.54) is 24.3 Å². The Bertz CT molecular complexity index is 379. The zero-order valence-corrected chi connectivity index (χ0v) is 8.82. The Morgan fingerprint density at radius 1 is 1.44 bits per heavy atom. The average molecular weight is 223 g/mol. The number of nitrogens with one attached hydrogen (secondary N) is 1. The third-order valence-corrected chi connectivity index (χ3v) is 2.61. The summed E-state index contributed by atoms with van der Waals surface area (Å²) in [6, 6.07) is 5.57. The number of amides is 2. The number of benzene rings is 1. The molecular weight excluding hydrogens is 209 g/mol. The van der Waals surface area contributed by atoms with Gasteiger partial charge in [0.05, 0.1) is 0 Å². The molecule has 2 amide bonds. The molecule has 2 rings (SSSR count). The van der Waals surface area contributed by atoms with Gasteiger partial charge < -0.3 is 16.0 Å². The van der Waals surface area contributed by atoms with Crippen LogP contribution in [0.4, 0.5) is 14.9 Å². The van der Waals surface area contributed by atoms with E-state index < -0.39 is 0 Å². The maximum atomic E-state index is 12.6. The van der Waals surface area contributed by atoms with Crippen molar-refractivity contribution in [1.29, 1.82) is 0 Å². The number of anilines is 1. The molecule has 1 aromatic carbocycles. The van der Waals surface area contributed by atoms with Crippen molar-refractivity contribution in [3.8, 4) is 0 Å². The first-order valence-corrected chi connectivity index (χ1v) is 5.22. The summed E-state index contributed by atoms with van der Waals surface area (Å²) in [6.07, 6.45) is 0.830. The molecule has 1 atom stereocenters. The molecule has 0 aromatic heterocycles. The Labute approximate surface area is 93.2 Å². The summed E-state index contributed by atoms with van der Waals surface area (Å²) in [6.45, 7) is 1.25. The van der Waals surface area contributed by atoms with Crippen molar-refractivity contribution in [3.63, 3.8) is 0 Å². The molecule has 0 radical (unpaired) electrons. The molecule has 1 fully saturated rings. The van der Waals surface area contributed by atoms with Gasteiger partial charge in [0.25, 0.3) is 0 Å². The van der Waals surface area contributed by atoms with Gasteiger partial charge in [0.1, 0.15) is 5.82 Å². The van der Waals surface area contributed by atoms with Crippen LogP contribution in [0.2, 0.25) is 0 Å². The summed E-state index contributed by atoms with van der Waals surface area (Å²) in [7, 11) is 0. The van der Waals surface area contributed by atoms with Gasteiger partial charge in [-0.05, 0) is 30.7 Å². The highest BCUT2D eigenvalue weighted by molar-refractivity contribution is 5.89. The largest absolute Gasteiger partial charge is 0.326 e. The summed E-state index contributed by atoms with van der Waals surface area (Å²) in [5, 5.41) is 2.70. The summed E-state index contributed by atoms with van der Waals surface area (Å²) >= 11 is 0. The van der Waals surface area contributed by atoms with Crippen LogP contribution >= 0.6 is 0 Å². The number of carbonyl (C=O) groups is 1. The molecule has 1 aromatic rings. The van der Waals surface area contributed by atoms with Crippen molar-refractivity contribution >= 4 is 11.7 Å². The Morgan fingerprint density at radius 3 is 2.69 bits per heavy atom. The lowest BCUT2D eigenvalue weighted by Gasteiger charge is -2.16. The fourth-order valence-electron chi connectivity index (χ4n) is 1.71. The van der Waals surface area contributed by atoms with E-state index in [0.717, 1.165) is 6.42 Å². The Balaban J connectivity index is 1.94. The van der Waals surface area contributed by atoms with Gasteiger partial charge >= 0.3 is 6.03 Å². The molecule has 0 spiro atoms. The number of carbonyl (C=O) groups excluding carboxylic acids is 1. The van der Waals surface area contributed by atoms with Gasteiger partial charge in [0, 0.05) is 24.8 Å². The molecule has 5 heteroatoms. The second-order valence-electron chi connectivity index (χ2n) is 3.93. The van der Waals surface area contributed by atoms with Gasteiger partial charge in [-0.3, -0.25) is 0 Å². The molecule has 4 nitrogen and oxygen atoms in total. The number of hydrogen-bond donors (Lipinski definition) is 2. The first-order valence-electron chi connectivity index (χ1n) is 5.22. The number of urea groups is 1. The van der Waals surface area contributed by atoms with E-state index in [1.54, 1.807) is 4.90 Å². The van der Waals surface area contributed by atoms with Crippen molar-refractivity contribution in [2.24, 2.45) is 5.73 Å². The van der Waals surface area contributed by atoms with E-state index in [-0.39, 0.29) is 17.9 Å². The summed E-state index contributed by atoms with van der Waals surface area (Å²) in [4.78, 5) is 13.4. The van der Waals surface area contributed by atoms with Crippen LogP contribution in [0.1, 0.15) is 6.42 Å². The van der Waals surface area contributed by atoms with Crippen LogP contribution in [0, 0.1) is 5.82 Å². The summed E-state index contributed by atoms with van der Waals surface area (Å²) < 4.78 is 12.6. The maximum absolute atomic E-state index is 12.6. The van der Waals surface area contributed by atoms with Crippen LogP contribution < -0.4 is 11.1 Å². The lowest BCUT2D eigenvalue weighted by Crippen LogP contribution is -2.35. The molecule has 0 aliphatic carbocycles. The lowest BCUT2D eigenvalue weighted by atomic mass is 10.3. The first-order chi connectivity index (χ1) is 7.65. The molecule has 0 saturated carbocycles. The zero-order valence-electron chi connectivity index (χ0n) is 8.82. The normalized spacial score (nSPS) is 19.9. The fraction of sp³-hybridized carbons (Fsp3) is 0.364. The SMILES string of the molecule is NC1CCN(C(=O)Nc2ccc(F)cc2)C1.